The lowest BCUT2D eigenvalue weighted by Gasteiger charge is -1.99. The van der Waals surface area contributed by atoms with Crippen molar-refractivity contribution < 1.29 is 5.11 Å². The lowest BCUT2D eigenvalue weighted by Crippen LogP contribution is -1.77. The zero-order valence-corrected chi connectivity index (χ0v) is 9.36. The molecule has 0 unspecified atom stereocenters. The average Bonchev–Trinajstić information content (AvgIpc) is 2.67. The van der Waals surface area contributed by atoms with Crippen LogP contribution in [0.25, 0.3) is 4.91 Å². The molecule has 0 radical (unpaired) electrons. The van der Waals surface area contributed by atoms with Crippen molar-refractivity contribution in [2.24, 2.45) is 0 Å². The second-order valence-corrected chi connectivity index (χ2v) is 5.32. The van der Waals surface area contributed by atoms with Gasteiger partial charge in [0.05, 0.1) is 11.2 Å². The molecule has 14 heavy (non-hydrogen) atoms. The van der Waals surface area contributed by atoms with Crippen molar-refractivity contribution in [1.29, 1.82) is 0 Å². The van der Waals surface area contributed by atoms with E-state index in [9.17, 15) is 0 Å². The predicted octanol–water partition coefficient (Wildman–Crippen LogP) is 4.13. The minimum absolute atomic E-state index is 0.908. The molecule has 72 valence electrons. The second kappa shape index (κ2) is 4.15. The molecule has 0 bridgehead atoms. The maximum atomic E-state index is 8.83. The lowest BCUT2D eigenvalue weighted by atomic mass is 10.1. The molecule has 0 saturated heterocycles. The van der Waals surface area contributed by atoms with Crippen LogP contribution in [0.15, 0.2) is 41.5 Å². The molecule has 0 aliphatic carbocycles. The van der Waals surface area contributed by atoms with Gasteiger partial charge in [-0.3, -0.25) is 0 Å². The summed E-state index contributed by atoms with van der Waals surface area (Å²) < 4.78 is 0. The molecule has 3 heteroatoms. The van der Waals surface area contributed by atoms with Gasteiger partial charge in [-0.05, 0) is 29.4 Å². The predicted molar refractivity (Wildman–Crippen MR) is 65.0 cm³/mol. The van der Waals surface area contributed by atoms with Gasteiger partial charge in [-0.15, -0.1) is 0 Å². The van der Waals surface area contributed by atoms with Gasteiger partial charge in [0, 0.05) is 4.91 Å². The number of aryl methyl sites for hydroxylation is 1. The normalized spacial score (nSPS) is 18.6. The number of allylic oxidation sites excluding steroid dienone is 1. The van der Waals surface area contributed by atoms with Crippen molar-refractivity contribution in [1.82, 2.24) is 0 Å². The Hall–Kier alpha value is -0.800. The molecule has 0 atom stereocenters. The van der Waals surface area contributed by atoms with Crippen LogP contribution in [0.1, 0.15) is 11.1 Å². The Labute approximate surface area is 91.3 Å². The van der Waals surface area contributed by atoms with Gasteiger partial charge in [-0.2, -0.15) is 0 Å². The fourth-order valence-electron chi connectivity index (χ4n) is 1.18. The van der Waals surface area contributed by atoms with Gasteiger partial charge in [0.1, 0.15) is 0 Å². The third-order valence-corrected chi connectivity index (χ3v) is 4.36. The highest BCUT2D eigenvalue weighted by atomic mass is 33.1. The molecule has 2 rings (SSSR count). The van der Waals surface area contributed by atoms with Crippen LogP contribution in [0.4, 0.5) is 0 Å². The van der Waals surface area contributed by atoms with Crippen LogP contribution in [-0.2, 0) is 0 Å². The number of aliphatic hydroxyl groups excluding tert-OH is 1. The van der Waals surface area contributed by atoms with Gasteiger partial charge < -0.3 is 5.11 Å². The Morgan fingerprint density at radius 1 is 1.14 bits per heavy atom. The highest BCUT2D eigenvalue weighted by Crippen LogP contribution is 2.49. The molecule has 1 nitrogen and oxygen atoms in total. The molecule has 0 amide bonds. The molecule has 1 aliphatic rings. The molecular formula is C11H10OS2. The molecule has 1 aromatic rings. The van der Waals surface area contributed by atoms with Crippen molar-refractivity contribution in [2.75, 3.05) is 0 Å². The molecule has 1 N–H and O–H groups in total. The van der Waals surface area contributed by atoms with Crippen LogP contribution in [-0.4, -0.2) is 5.11 Å². The molecule has 1 aromatic carbocycles. The third kappa shape index (κ3) is 1.99. The summed E-state index contributed by atoms with van der Waals surface area (Å²) in [5, 5.41) is 8.83. The minimum Gasteiger partial charge on any atom is -0.514 e. The quantitative estimate of drug-likeness (QED) is 0.570. The van der Waals surface area contributed by atoms with Gasteiger partial charge in [0.15, 0.2) is 0 Å². The Kier molecular flexibility index (Phi) is 2.89. The molecule has 1 aliphatic heterocycles. The van der Waals surface area contributed by atoms with Crippen LogP contribution in [0.5, 0.6) is 0 Å². The van der Waals surface area contributed by atoms with E-state index >= 15 is 0 Å². The zero-order valence-electron chi connectivity index (χ0n) is 7.73. The van der Waals surface area contributed by atoms with Gasteiger partial charge in [0.2, 0.25) is 0 Å². The first kappa shape index (κ1) is 9.74. The van der Waals surface area contributed by atoms with E-state index in [2.05, 4.69) is 31.2 Å². The van der Waals surface area contributed by atoms with Gasteiger partial charge in [-0.25, -0.2) is 0 Å². The summed E-state index contributed by atoms with van der Waals surface area (Å²) >= 11 is 0. The van der Waals surface area contributed by atoms with E-state index in [-0.39, 0.29) is 0 Å². The minimum atomic E-state index is 0.908. The lowest BCUT2D eigenvalue weighted by molar-refractivity contribution is 0.472. The van der Waals surface area contributed by atoms with Crippen molar-refractivity contribution in [2.45, 2.75) is 6.92 Å². The van der Waals surface area contributed by atoms with E-state index in [0.29, 0.717) is 0 Å². The average molecular weight is 222 g/mol. The fourth-order valence-corrected chi connectivity index (χ4v) is 3.32. The van der Waals surface area contributed by atoms with Gasteiger partial charge >= 0.3 is 0 Å². The third-order valence-electron chi connectivity index (χ3n) is 1.96. The van der Waals surface area contributed by atoms with Crippen LogP contribution in [0, 0.1) is 6.92 Å². The van der Waals surface area contributed by atoms with Crippen molar-refractivity contribution in [3.05, 3.63) is 52.6 Å². The molecule has 1 heterocycles. The van der Waals surface area contributed by atoms with Crippen LogP contribution < -0.4 is 0 Å². The number of hydrogen-bond donors (Lipinski definition) is 1. The molecule has 0 saturated carbocycles. The Bertz CT molecular complexity index is 390. The largest absolute Gasteiger partial charge is 0.514 e. The van der Waals surface area contributed by atoms with E-state index in [4.69, 9.17) is 5.11 Å². The highest BCUT2D eigenvalue weighted by Gasteiger charge is 2.12. The first-order valence-electron chi connectivity index (χ1n) is 4.27. The number of aliphatic hydroxyl groups is 1. The number of benzene rings is 1. The van der Waals surface area contributed by atoms with Crippen LogP contribution >= 0.6 is 21.6 Å². The Morgan fingerprint density at radius 3 is 2.43 bits per heavy atom. The fraction of sp³-hybridized carbons (Fsp3) is 0.0909. The smallest absolute Gasteiger partial charge is 0.0936 e. The molecule has 0 fully saturated rings. The topological polar surface area (TPSA) is 20.2 Å². The van der Waals surface area contributed by atoms with E-state index < -0.39 is 0 Å². The molecular weight excluding hydrogens is 212 g/mol. The van der Waals surface area contributed by atoms with Crippen LogP contribution in [0.3, 0.4) is 0 Å². The van der Waals surface area contributed by atoms with Gasteiger partial charge in [-0.1, -0.05) is 40.6 Å². The maximum absolute atomic E-state index is 8.83. The number of rotatable bonds is 1. The highest BCUT2D eigenvalue weighted by molar-refractivity contribution is 8.82. The summed E-state index contributed by atoms with van der Waals surface area (Å²) in [7, 11) is 3.27. The van der Waals surface area contributed by atoms with E-state index in [1.165, 1.54) is 16.0 Å². The summed E-state index contributed by atoms with van der Waals surface area (Å²) in [5.41, 5.74) is 2.48. The Morgan fingerprint density at radius 2 is 1.86 bits per heavy atom. The standard InChI is InChI=1S/C11H10OS2/c1-8-2-4-9(5-3-8)11-6-10(7-12)13-14-11/h2-7,12H,1H3/b10-7+. The molecule has 0 aromatic heterocycles. The van der Waals surface area contributed by atoms with Crippen molar-refractivity contribution in [3.8, 4) is 0 Å². The van der Waals surface area contributed by atoms with E-state index in [1.54, 1.807) is 21.6 Å². The first-order chi connectivity index (χ1) is 6.79. The van der Waals surface area contributed by atoms with E-state index in [0.717, 1.165) is 11.2 Å². The zero-order chi connectivity index (χ0) is 9.97. The number of hydrogen-bond acceptors (Lipinski definition) is 3. The van der Waals surface area contributed by atoms with Gasteiger partial charge in [0.25, 0.3) is 0 Å². The maximum Gasteiger partial charge on any atom is 0.0936 e. The monoisotopic (exact) mass is 222 g/mol. The SMILES string of the molecule is Cc1ccc(C2=C/C(=C\O)SS2)cc1. The van der Waals surface area contributed by atoms with E-state index in [1.807, 2.05) is 6.08 Å². The van der Waals surface area contributed by atoms with Crippen LogP contribution in [0.2, 0.25) is 0 Å². The Balaban J connectivity index is 2.29. The summed E-state index contributed by atoms with van der Waals surface area (Å²) in [5.74, 6) is 0. The second-order valence-electron chi connectivity index (χ2n) is 3.07. The molecule has 0 spiro atoms. The summed E-state index contributed by atoms with van der Waals surface area (Å²) in [4.78, 5) is 2.11. The summed E-state index contributed by atoms with van der Waals surface area (Å²) in [6, 6.07) is 8.41. The summed E-state index contributed by atoms with van der Waals surface area (Å²) in [6.45, 7) is 2.08. The first-order valence-corrected chi connectivity index (χ1v) is 6.42. The van der Waals surface area contributed by atoms with Crippen molar-refractivity contribution in [3.63, 3.8) is 0 Å². The summed E-state index contributed by atoms with van der Waals surface area (Å²) in [6.07, 6.45) is 3.15. The van der Waals surface area contributed by atoms with Crippen molar-refractivity contribution >= 4 is 26.5 Å².